The first kappa shape index (κ1) is 18.5. The van der Waals surface area contributed by atoms with Gasteiger partial charge in [0.2, 0.25) is 0 Å². The first-order chi connectivity index (χ1) is 10.6. The smallest absolute Gasteiger partial charge is 0.410 e. The summed E-state index contributed by atoms with van der Waals surface area (Å²) in [5.74, 6) is 0.577. The highest BCUT2D eigenvalue weighted by Gasteiger charge is 2.33. The molecule has 0 radical (unpaired) electrons. The highest BCUT2D eigenvalue weighted by molar-refractivity contribution is 7.91. The molecule has 134 valence electrons. The molecule has 7 heteroatoms. The van der Waals surface area contributed by atoms with Crippen LogP contribution in [0.5, 0.6) is 0 Å². The lowest BCUT2D eigenvalue weighted by Crippen LogP contribution is -2.53. The fourth-order valence-corrected chi connectivity index (χ4v) is 4.80. The predicted molar refractivity (Wildman–Crippen MR) is 90.2 cm³/mol. The highest BCUT2D eigenvalue weighted by Crippen LogP contribution is 2.22. The Morgan fingerprint density at radius 2 is 1.74 bits per heavy atom. The lowest BCUT2D eigenvalue weighted by atomic mass is 9.97. The fraction of sp³-hybridized carbons (Fsp3) is 0.938. The SMILES string of the molecule is CC1CC(NC2CCS(=O)(=O)CC2)CCN1C(=O)OC(C)(C)C. The van der Waals surface area contributed by atoms with Crippen molar-refractivity contribution in [3.05, 3.63) is 0 Å². The van der Waals surface area contributed by atoms with Gasteiger partial charge in [-0.15, -0.1) is 0 Å². The van der Waals surface area contributed by atoms with Crippen LogP contribution in [0.1, 0.15) is 53.4 Å². The van der Waals surface area contributed by atoms with Gasteiger partial charge in [0.05, 0.1) is 11.5 Å². The standard InChI is InChI=1S/C16H30N2O4S/c1-12-11-14(17-13-6-9-23(20,21)10-7-13)5-8-18(12)15(19)22-16(2,3)4/h12-14,17H,5-11H2,1-4H3. The average Bonchev–Trinajstić information content (AvgIpc) is 2.39. The van der Waals surface area contributed by atoms with Crippen molar-refractivity contribution >= 4 is 15.9 Å². The molecule has 2 saturated heterocycles. The molecule has 2 atom stereocenters. The Morgan fingerprint density at radius 3 is 2.26 bits per heavy atom. The van der Waals surface area contributed by atoms with Crippen LogP contribution in [0, 0.1) is 0 Å². The van der Waals surface area contributed by atoms with E-state index >= 15 is 0 Å². The lowest BCUT2D eigenvalue weighted by molar-refractivity contribution is 0.00893. The molecule has 0 saturated carbocycles. The third-order valence-corrected chi connectivity index (χ3v) is 6.25. The van der Waals surface area contributed by atoms with E-state index in [-0.39, 0.29) is 29.7 Å². The zero-order chi connectivity index (χ0) is 17.3. The minimum Gasteiger partial charge on any atom is -0.444 e. The molecular weight excluding hydrogens is 316 g/mol. The summed E-state index contributed by atoms with van der Waals surface area (Å²) in [5, 5.41) is 3.59. The van der Waals surface area contributed by atoms with E-state index in [1.54, 1.807) is 4.90 Å². The van der Waals surface area contributed by atoms with Crippen LogP contribution in [0.3, 0.4) is 0 Å². The number of piperidine rings is 1. The van der Waals surface area contributed by atoms with Gasteiger partial charge in [-0.05, 0) is 53.4 Å². The maximum absolute atomic E-state index is 12.2. The van der Waals surface area contributed by atoms with Gasteiger partial charge in [-0.3, -0.25) is 0 Å². The van der Waals surface area contributed by atoms with Gasteiger partial charge in [-0.2, -0.15) is 0 Å². The van der Waals surface area contributed by atoms with Crippen molar-refractivity contribution in [2.75, 3.05) is 18.1 Å². The van der Waals surface area contributed by atoms with Crippen LogP contribution in [0.2, 0.25) is 0 Å². The van der Waals surface area contributed by atoms with Gasteiger partial charge in [0.25, 0.3) is 0 Å². The van der Waals surface area contributed by atoms with Gasteiger partial charge in [-0.25, -0.2) is 13.2 Å². The number of carbonyl (C=O) groups excluding carboxylic acids is 1. The molecule has 2 unspecified atom stereocenters. The van der Waals surface area contributed by atoms with Gasteiger partial charge < -0.3 is 15.0 Å². The van der Waals surface area contributed by atoms with E-state index in [4.69, 9.17) is 4.74 Å². The molecule has 0 aliphatic carbocycles. The Balaban J connectivity index is 1.81. The maximum atomic E-state index is 12.2. The number of rotatable bonds is 2. The quantitative estimate of drug-likeness (QED) is 0.827. The second-order valence-electron chi connectivity index (χ2n) is 7.84. The normalized spacial score (nSPS) is 29.3. The number of nitrogens with one attached hydrogen (secondary N) is 1. The monoisotopic (exact) mass is 346 g/mol. The van der Waals surface area contributed by atoms with Crippen molar-refractivity contribution in [2.45, 2.75) is 77.1 Å². The zero-order valence-corrected chi connectivity index (χ0v) is 15.5. The van der Waals surface area contributed by atoms with E-state index in [1.165, 1.54) is 0 Å². The van der Waals surface area contributed by atoms with Gasteiger partial charge in [0.15, 0.2) is 0 Å². The molecule has 0 aromatic carbocycles. The summed E-state index contributed by atoms with van der Waals surface area (Å²) < 4.78 is 28.4. The van der Waals surface area contributed by atoms with E-state index in [1.807, 2.05) is 27.7 Å². The third-order valence-electron chi connectivity index (χ3n) is 4.53. The number of nitrogens with zero attached hydrogens (tertiary/aromatic N) is 1. The molecule has 6 nitrogen and oxygen atoms in total. The van der Waals surface area contributed by atoms with Gasteiger partial charge in [-0.1, -0.05) is 0 Å². The molecule has 0 aromatic heterocycles. The molecule has 2 rings (SSSR count). The number of sulfone groups is 1. The first-order valence-electron chi connectivity index (χ1n) is 8.52. The summed E-state index contributed by atoms with van der Waals surface area (Å²) in [6.45, 7) is 8.35. The molecule has 1 amide bonds. The van der Waals surface area contributed by atoms with Crippen LogP contribution in [0.25, 0.3) is 0 Å². The van der Waals surface area contributed by atoms with Gasteiger partial charge in [0, 0.05) is 24.7 Å². The van der Waals surface area contributed by atoms with E-state index in [9.17, 15) is 13.2 Å². The summed E-state index contributed by atoms with van der Waals surface area (Å²) in [7, 11) is -2.81. The van der Waals surface area contributed by atoms with Crippen molar-refractivity contribution in [2.24, 2.45) is 0 Å². The molecule has 2 fully saturated rings. The number of ether oxygens (including phenoxy) is 1. The molecule has 0 spiro atoms. The Kier molecular flexibility index (Phi) is 5.61. The highest BCUT2D eigenvalue weighted by atomic mass is 32.2. The van der Waals surface area contributed by atoms with E-state index in [0.29, 0.717) is 25.4 Å². The number of carbonyl (C=O) groups is 1. The molecule has 0 aromatic rings. The molecule has 2 aliphatic rings. The fourth-order valence-electron chi connectivity index (χ4n) is 3.31. The molecule has 2 heterocycles. The molecule has 0 bridgehead atoms. The minimum absolute atomic E-state index is 0.128. The van der Waals surface area contributed by atoms with Crippen molar-refractivity contribution in [1.82, 2.24) is 10.2 Å². The zero-order valence-electron chi connectivity index (χ0n) is 14.7. The van der Waals surface area contributed by atoms with E-state index in [0.717, 1.165) is 12.8 Å². The average molecular weight is 346 g/mol. The van der Waals surface area contributed by atoms with Crippen LogP contribution in [0.15, 0.2) is 0 Å². The Morgan fingerprint density at radius 1 is 1.13 bits per heavy atom. The third kappa shape index (κ3) is 5.64. The lowest BCUT2D eigenvalue weighted by Gasteiger charge is -2.40. The summed E-state index contributed by atoms with van der Waals surface area (Å²) in [6.07, 6.45) is 2.91. The first-order valence-corrected chi connectivity index (χ1v) is 10.3. The molecule has 23 heavy (non-hydrogen) atoms. The topological polar surface area (TPSA) is 75.7 Å². The van der Waals surface area contributed by atoms with Crippen LogP contribution in [0.4, 0.5) is 4.79 Å². The van der Waals surface area contributed by atoms with E-state index in [2.05, 4.69) is 5.32 Å². The maximum Gasteiger partial charge on any atom is 0.410 e. The minimum atomic E-state index is -2.81. The van der Waals surface area contributed by atoms with Crippen LogP contribution in [-0.4, -0.2) is 61.2 Å². The molecule has 2 aliphatic heterocycles. The number of amides is 1. The van der Waals surface area contributed by atoms with Gasteiger partial charge in [0.1, 0.15) is 15.4 Å². The largest absolute Gasteiger partial charge is 0.444 e. The Bertz CT molecular complexity index is 513. The van der Waals surface area contributed by atoms with Crippen molar-refractivity contribution < 1.29 is 17.9 Å². The van der Waals surface area contributed by atoms with Crippen LogP contribution in [-0.2, 0) is 14.6 Å². The second-order valence-corrected chi connectivity index (χ2v) is 10.1. The number of likely N-dealkylation sites (tertiary alicyclic amines) is 1. The summed E-state index contributed by atoms with van der Waals surface area (Å²) in [6, 6.07) is 0.752. The van der Waals surface area contributed by atoms with Crippen LogP contribution < -0.4 is 5.32 Å². The Hall–Kier alpha value is -0.820. The van der Waals surface area contributed by atoms with Crippen LogP contribution >= 0.6 is 0 Å². The van der Waals surface area contributed by atoms with Crippen molar-refractivity contribution in [3.63, 3.8) is 0 Å². The van der Waals surface area contributed by atoms with Crippen molar-refractivity contribution in [3.8, 4) is 0 Å². The Labute approximate surface area is 139 Å². The number of hydrogen-bond donors (Lipinski definition) is 1. The summed E-state index contributed by atoms with van der Waals surface area (Å²) in [4.78, 5) is 14.0. The second kappa shape index (κ2) is 6.97. The molecular formula is C16H30N2O4S. The van der Waals surface area contributed by atoms with Gasteiger partial charge >= 0.3 is 6.09 Å². The number of hydrogen-bond acceptors (Lipinski definition) is 5. The summed E-state index contributed by atoms with van der Waals surface area (Å²) >= 11 is 0. The summed E-state index contributed by atoms with van der Waals surface area (Å²) in [5.41, 5.74) is -0.473. The van der Waals surface area contributed by atoms with Crippen molar-refractivity contribution in [1.29, 1.82) is 0 Å². The predicted octanol–water partition coefficient (Wildman–Crippen LogP) is 1.94. The molecule has 1 N–H and O–H groups in total. The van der Waals surface area contributed by atoms with E-state index < -0.39 is 15.4 Å².